The van der Waals surface area contributed by atoms with Crippen molar-refractivity contribution in [3.8, 4) is 10.6 Å². The van der Waals surface area contributed by atoms with Gasteiger partial charge in [-0.15, -0.1) is 0 Å². The number of nitrogens with zero attached hydrogens (tertiary/aromatic N) is 5. The molecule has 3 aromatic rings. The average Bonchev–Trinajstić information content (AvgIpc) is 3.19. The van der Waals surface area contributed by atoms with E-state index in [0.717, 1.165) is 41.6 Å². The zero-order valence-electron chi connectivity index (χ0n) is 15.2. The number of carbonyl (C=O) groups is 1. The van der Waals surface area contributed by atoms with Crippen LogP contribution in [0.1, 0.15) is 19.3 Å². The molecular formula is C19H20N6O2S. The Bertz CT molecular complexity index is 940. The van der Waals surface area contributed by atoms with Gasteiger partial charge in [-0.1, -0.05) is 17.4 Å². The summed E-state index contributed by atoms with van der Waals surface area (Å²) in [7, 11) is 0. The second-order valence-electron chi connectivity index (χ2n) is 6.64. The molecule has 28 heavy (non-hydrogen) atoms. The molecule has 0 amide bonds. The Labute approximate surface area is 166 Å². The number of aliphatic carboxylic acids is 1. The highest BCUT2D eigenvalue weighted by Crippen LogP contribution is 2.33. The number of aromatic nitrogens is 4. The quantitative estimate of drug-likeness (QED) is 0.653. The largest absolute Gasteiger partial charge is 0.481 e. The molecule has 0 atom stereocenters. The van der Waals surface area contributed by atoms with Crippen molar-refractivity contribution in [2.75, 3.05) is 23.3 Å². The molecule has 9 heteroatoms. The normalized spacial score (nSPS) is 14.8. The molecule has 0 bridgehead atoms. The molecule has 1 fully saturated rings. The molecule has 4 heterocycles. The standard InChI is InChI=1S/C19H20N6O2S/c26-17(27)11-13-5-9-25(10-6-13)19-22-12-15(28-19)14-3-1-4-16(23-14)24-18-20-7-2-8-21-18/h1-4,7-8,12-13H,5-6,9-11H2,(H,26,27)(H,20,21,23,24). The van der Waals surface area contributed by atoms with Crippen LogP contribution in [0.4, 0.5) is 16.9 Å². The number of rotatable bonds is 6. The lowest BCUT2D eigenvalue weighted by atomic mass is 9.94. The fraction of sp³-hybridized carbons (Fsp3) is 0.316. The molecule has 0 radical (unpaired) electrons. The average molecular weight is 396 g/mol. The Balaban J connectivity index is 1.43. The summed E-state index contributed by atoms with van der Waals surface area (Å²) in [5.74, 6) is 0.725. The third-order valence-electron chi connectivity index (χ3n) is 4.65. The van der Waals surface area contributed by atoms with E-state index < -0.39 is 5.97 Å². The third kappa shape index (κ3) is 4.42. The number of hydrogen-bond acceptors (Lipinski definition) is 8. The molecule has 3 aromatic heterocycles. The molecule has 2 N–H and O–H groups in total. The molecule has 144 valence electrons. The minimum absolute atomic E-state index is 0.256. The Hall–Kier alpha value is -3.07. The van der Waals surface area contributed by atoms with Crippen LogP contribution < -0.4 is 10.2 Å². The number of nitrogens with one attached hydrogen (secondary N) is 1. The lowest BCUT2D eigenvalue weighted by Gasteiger charge is -2.30. The van der Waals surface area contributed by atoms with Crippen LogP contribution in [0.3, 0.4) is 0 Å². The highest BCUT2D eigenvalue weighted by molar-refractivity contribution is 7.18. The van der Waals surface area contributed by atoms with E-state index in [1.54, 1.807) is 29.8 Å². The van der Waals surface area contributed by atoms with Crippen molar-refractivity contribution < 1.29 is 9.90 Å². The van der Waals surface area contributed by atoms with Crippen molar-refractivity contribution >= 4 is 34.2 Å². The minimum atomic E-state index is -0.713. The van der Waals surface area contributed by atoms with Crippen LogP contribution in [-0.2, 0) is 4.79 Å². The number of carboxylic acid groups (broad SMARTS) is 1. The van der Waals surface area contributed by atoms with Crippen LogP contribution in [0.15, 0.2) is 42.9 Å². The van der Waals surface area contributed by atoms with Crippen molar-refractivity contribution in [2.24, 2.45) is 5.92 Å². The second kappa shape index (κ2) is 8.30. The number of pyridine rings is 1. The van der Waals surface area contributed by atoms with Crippen molar-refractivity contribution in [3.63, 3.8) is 0 Å². The first kappa shape index (κ1) is 18.3. The maximum absolute atomic E-state index is 10.9. The second-order valence-corrected chi connectivity index (χ2v) is 7.65. The lowest BCUT2D eigenvalue weighted by molar-refractivity contribution is -0.138. The first-order valence-electron chi connectivity index (χ1n) is 9.11. The molecule has 0 aliphatic carbocycles. The van der Waals surface area contributed by atoms with Gasteiger partial charge in [0, 0.05) is 38.1 Å². The number of thiazole rings is 1. The Morgan fingerprint density at radius 2 is 1.96 bits per heavy atom. The molecule has 0 aromatic carbocycles. The molecule has 0 saturated carbocycles. The highest BCUT2D eigenvalue weighted by Gasteiger charge is 2.23. The Morgan fingerprint density at radius 1 is 1.18 bits per heavy atom. The Kier molecular flexibility index (Phi) is 5.43. The first-order valence-corrected chi connectivity index (χ1v) is 9.93. The van der Waals surface area contributed by atoms with Crippen LogP contribution in [0, 0.1) is 5.92 Å². The van der Waals surface area contributed by atoms with Gasteiger partial charge in [0.2, 0.25) is 5.95 Å². The zero-order valence-corrected chi connectivity index (χ0v) is 16.0. The summed E-state index contributed by atoms with van der Waals surface area (Å²) in [6, 6.07) is 7.52. The molecule has 8 nitrogen and oxygen atoms in total. The maximum Gasteiger partial charge on any atom is 0.303 e. The molecule has 1 aliphatic heterocycles. The molecule has 0 spiro atoms. The Morgan fingerprint density at radius 3 is 2.71 bits per heavy atom. The predicted molar refractivity (Wildman–Crippen MR) is 108 cm³/mol. The molecular weight excluding hydrogens is 376 g/mol. The number of anilines is 3. The van der Waals surface area contributed by atoms with Crippen LogP contribution in [0.5, 0.6) is 0 Å². The summed E-state index contributed by atoms with van der Waals surface area (Å²) in [5, 5.41) is 13.0. The van der Waals surface area contributed by atoms with E-state index in [9.17, 15) is 4.79 Å². The van der Waals surface area contributed by atoms with E-state index in [-0.39, 0.29) is 12.3 Å². The van der Waals surface area contributed by atoms with Gasteiger partial charge in [-0.05, 0) is 37.0 Å². The van der Waals surface area contributed by atoms with Gasteiger partial charge >= 0.3 is 5.97 Å². The summed E-state index contributed by atoms with van der Waals surface area (Å²) in [4.78, 5) is 31.6. The van der Waals surface area contributed by atoms with Crippen LogP contribution in [0.25, 0.3) is 10.6 Å². The summed E-state index contributed by atoms with van der Waals surface area (Å²) < 4.78 is 0. The van der Waals surface area contributed by atoms with E-state index >= 15 is 0 Å². The van der Waals surface area contributed by atoms with E-state index in [4.69, 9.17) is 5.11 Å². The van der Waals surface area contributed by atoms with Crippen LogP contribution >= 0.6 is 11.3 Å². The SMILES string of the molecule is O=C(O)CC1CCN(c2ncc(-c3cccc(Nc4ncccn4)n3)s2)CC1. The highest BCUT2D eigenvalue weighted by atomic mass is 32.1. The fourth-order valence-electron chi connectivity index (χ4n) is 3.22. The topological polar surface area (TPSA) is 104 Å². The van der Waals surface area contributed by atoms with E-state index in [2.05, 4.69) is 30.2 Å². The smallest absolute Gasteiger partial charge is 0.303 e. The monoisotopic (exact) mass is 396 g/mol. The predicted octanol–water partition coefficient (Wildman–Crippen LogP) is 3.43. The number of hydrogen-bond donors (Lipinski definition) is 2. The van der Waals surface area contributed by atoms with Crippen molar-refractivity contribution in [1.82, 2.24) is 19.9 Å². The summed E-state index contributed by atoms with van der Waals surface area (Å²) >= 11 is 1.60. The molecule has 0 unspecified atom stereocenters. The van der Waals surface area contributed by atoms with E-state index in [0.29, 0.717) is 11.8 Å². The summed E-state index contributed by atoms with van der Waals surface area (Å²) in [5.41, 5.74) is 0.838. The van der Waals surface area contributed by atoms with Gasteiger partial charge in [0.15, 0.2) is 5.13 Å². The number of carboxylic acids is 1. The van der Waals surface area contributed by atoms with Crippen molar-refractivity contribution in [1.29, 1.82) is 0 Å². The fourth-order valence-corrected chi connectivity index (χ4v) is 4.16. The van der Waals surface area contributed by atoms with Gasteiger partial charge in [0.05, 0.1) is 10.6 Å². The van der Waals surface area contributed by atoms with Gasteiger partial charge in [-0.2, -0.15) is 0 Å². The maximum atomic E-state index is 10.9. The summed E-state index contributed by atoms with van der Waals surface area (Å²) in [6.07, 6.45) is 7.22. The van der Waals surface area contributed by atoms with Crippen molar-refractivity contribution in [3.05, 3.63) is 42.9 Å². The van der Waals surface area contributed by atoms with E-state index in [1.807, 2.05) is 24.4 Å². The van der Waals surface area contributed by atoms with Crippen LogP contribution in [0.2, 0.25) is 0 Å². The van der Waals surface area contributed by atoms with Crippen molar-refractivity contribution in [2.45, 2.75) is 19.3 Å². The van der Waals surface area contributed by atoms with Crippen LogP contribution in [-0.4, -0.2) is 44.1 Å². The minimum Gasteiger partial charge on any atom is -0.481 e. The zero-order chi connectivity index (χ0) is 19.3. The molecule has 1 saturated heterocycles. The van der Waals surface area contributed by atoms with Gasteiger partial charge in [-0.3, -0.25) is 4.79 Å². The van der Waals surface area contributed by atoms with E-state index in [1.165, 1.54) is 0 Å². The third-order valence-corrected chi connectivity index (χ3v) is 5.73. The van der Waals surface area contributed by atoms with Gasteiger partial charge in [0.1, 0.15) is 5.82 Å². The van der Waals surface area contributed by atoms with Gasteiger partial charge < -0.3 is 15.3 Å². The summed E-state index contributed by atoms with van der Waals surface area (Å²) in [6.45, 7) is 1.68. The molecule has 1 aliphatic rings. The first-order chi connectivity index (χ1) is 13.7. The van der Waals surface area contributed by atoms with Gasteiger partial charge in [0.25, 0.3) is 0 Å². The lowest BCUT2D eigenvalue weighted by Crippen LogP contribution is -2.34. The van der Waals surface area contributed by atoms with Gasteiger partial charge in [-0.25, -0.2) is 19.9 Å². The number of piperidine rings is 1. The molecule has 4 rings (SSSR count).